The van der Waals surface area contributed by atoms with E-state index in [0.29, 0.717) is 12.1 Å². The Kier molecular flexibility index (Phi) is 7.67. The Labute approximate surface area is 248 Å². The lowest BCUT2D eigenvalue weighted by atomic mass is 9.98. The van der Waals surface area contributed by atoms with Crippen molar-refractivity contribution in [3.8, 4) is 57.3 Å². The number of benzene rings is 3. The molecule has 0 aliphatic carbocycles. The second-order valence-electron chi connectivity index (χ2n) is 9.73. The summed E-state index contributed by atoms with van der Waals surface area (Å²) < 4.78 is 21.8. The van der Waals surface area contributed by atoms with Gasteiger partial charge in [-0.2, -0.15) is 0 Å². The minimum atomic E-state index is -2.27. The number of esters is 1. The number of carboxylic acid groups (broad SMARTS) is 1. The zero-order valence-corrected chi connectivity index (χ0v) is 22.3. The van der Waals surface area contributed by atoms with Crippen LogP contribution < -0.4 is 10.2 Å². The van der Waals surface area contributed by atoms with E-state index in [1.54, 1.807) is 0 Å². The molecule has 0 unspecified atom stereocenters. The maximum absolute atomic E-state index is 13.7. The van der Waals surface area contributed by atoms with Crippen LogP contribution in [0.15, 0.2) is 51.7 Å². The SMILES string of the molecule is O=C(O[C@H]1[C@H](Oc2c(-c3ccc(O)c(O)c3)oc3cc(O)cc(O)c3c2=O)O[C@H](C(=O)O)[C@@H](O)[C@@H]1O)c1cc(O)c(O)c(O)c1. The van der Waals surface area contributed by atoms with Gasteiger partial charge in [0.05, 0.1) is 5.56 Å². The third-order valence-corrected chi connectivity index (χ3v) is 6.73. The Morgan fingerprint density at radius 2 is 1.44 bits per heavy atom. The molecule has 1 aromatic heterocycles. The number of fused-ring (bicyclic) bond motifs is 1. The van der Waals surface area contributed by atoms with Gasteiger partial charge in [0, 0.05) is 17.7 Å². The van der Waals surface area contributed by atoms with Gasteiger partial charge in [-0.3, -0.25) is 4.79 Å². The topological polar surface area (TPSA) is 294 Å². The van der Waals surface area contributed by atoms with Crippen molar-refractivity contribution in [2.75, 3.05) is 0 Å². The van der Waals surface area contributed by atoms with Gasteiger partial charge in [0.1, 0.15) is 34.7 Å². The molecule has 1 aliphatic rings. The number of aliphatic carboxylic acids is 1. The third kappa shape index (κ3) is 5.49. The van der Waals surface area contributed by atoms with E-state index >= 15 is 0 Å². The molecule has 1 saturated heterocycles. The molecule has 0 radical (unpaired) electrons. The number of aliphatic hydroxyl groups excluding tert-OH is 2. The molecule has 236 valence electrons. The summed E-state index contributed by atoms with van der Waals surface area (Å²) in [6.45, 7) is 0. The average molecular weight is 630 g/mol. The smallest absolute Gasteiger partial charge is 0.339 e. The fraction of sp³-hybridized carbons (Fsp3) is 0.179. The molecule has 0 spiro atoms. The molecule has 1 fully saturated rings. The standard InChI is InChI=1S/C28H22O17/c29-10-6-13(32)17-16(7-10)42-22(8-1-2-11(30)12(31)3-8)23(19(17)36)44-28-25(21(38)20(37)24(45-28)26(39)40)43-27(41)9-4-14(33)18(35)15(34)5-9/h1-7,20-21,24-25,28-35,37-38H,(H,39,40)/t20-,21-,24-,25+,28+/m0/s1. The molecule has 4 aromatic rings. The van der Waals surface area contributed by atoms with Gasteiger partial charge in [0.25, 0.3) is 0 Å². The van der Waals surface area contributed by atoms with E-state index in [-0.39, 0.29) is 5.56 Å². The van der Waals surface area contributed by atoms with E-state index in [1.165, 1.54) is 0 Å². The molecule has 2 heterocycles. The molecule has 10 N–H and O–H groups in total. The van der Waals surface area contributed by atoms with Crippen molar-refractivity contribution in [2.24, 2.45) is 0 Å². The fourth-order valence-electron chi connectivity index (χ4n) is 4.52. The average Bonchev–Trinajstić information content (AvgIpc) is 2.97. The molecule has 3 aromatic carbocycles. The normalized spacial score (nSPS) is 21.3. The van der Waals surface area contributed by atoms with E-state index in [0.717, 1.165) is 30.3 Å². The number of carbonyl (C=O) groups excluding carboxylic acids is 1. The number of carboxylic acids is 1. The summed E-state index contributed by atoms with van der Waals surface area (Å²) in [7, 11) is 0. The van der Waals surface area contributed by atoms with E-state index in [2.05, 4.69) is 0 Å². The molecule has 1 aliphatic heterocycles. The highest BCUT2D eigenvalue weighted by molar-refractivity contribution is 5.91. The van der Waals surface area contributed by atoms with Gasteiger partial charge < -0.3 is 69.7 Å². The van der Waals surface area contributed by atoms with Gasteiger partial charge >= 0.3 is 11.9 Å². The summed E-state index contributed by atoms with van der Waals surface area (Å²) in [6.07, 6.45) is -11.1. The predicted molar refractivity (Wildman–Crippen MR) is 144 cm³/mol. The Hall–Kier alpha value is -5.91. The quantitative estimate of drug-likeness (QED) is 0.103. The van der Waals surface area contributed by atoms with Crippen LogP contribution >= 0.6 is 0 Å². The monoisotopic (exact) mass is 630 g/mol. The number of hydrogen-bond acceptors (Lipinski definition) is 16. The lowest BCUT2D eigenvalue weighted by Gasteiger charge is -2.40. The highest BCUT2D eigenvalue weighted by Gasteiger charge is 2.51. The maximum Gasteiger partial charge on any atom is 0.339 e. The zero-order valence-electron chi connectivity index (χ0n) is 22.3. The first kappa shape index (κ1) is 30.5. The van der Waals surface area contributed by atoms with Crippen molar-refractivity contribution in [3.63, 3.8) is 0 Å². The van der Waals surface area contributed by atoms with Crippen LogP contribution in [0.2, 0.25) is 0 Å². The van der Waals surface area contributed by atoms with E-state index in [9.17, 15) is 65.4 Å². The summed E-state index contributed by atoms with van der Waals surface area (Å²) in [5.41, 5.74) is -2.33. The van der Waals surface area contributed by atoms with Crippen LogP contribution in [0, 0.1) is 0 Å². The van der Waals surface area contributed by atoms with E-state index < -0.39 is 116 Å². The summed E-state index contributed by atoms with van der Waals surface area (Å²) >= 11 is 0. The van der Waals surface area contributed by atoms with Gasteiger partial charge in [-0.05, 0) is 30.3 Å². The van der Waals surface area contributed by atoms with Crippen molar-refractivity contribution >= 4 is 22.9 Å². The number of rotatable bonds is 6. The van der Waals surface area contributed by atoms with Gasteiger partial charge in [0.15, 0.2) is 46.7 Å². The summed E-state index contributed by atoms with van der Waals surface area (Å²) in [5, 5.41) is 99.5. The summed E-state index contributed by atoms with van der Waals surface area (Å²) in [4.78, 5) is 38.4. The number of aromatic hydroxyl groups is 7. The summed E-state index contributed by atoms with van der Waals surface area (Å²) in [6, 6.07) is 6.17. The van der Waals surface area contributed by atoms with Gasteiger partial charge in [-0.15, -0.1) is 0 Å². The van der Waals surface area contributed by atoms with Crippen molar-refractivity contribution < 1.29 is 79.3 Å². The van der Waals surface area contributed by atoms with Crippen molar-refractivity contribution in [1.29, 1.82) is 0 Å². The van der Waals surface area contributed by atoms with Crippen LogP contribution in [-0.2, 0) is 14.3 Å². The molecular formula is C28H22O17. The van der Waals surface area contributed by atoms with Crippen molar-refractivity contribution in [3.05, 3.63) is 58.3 Å². The van der Waals surface area contributed by atoms with Crippen LogP contribution in [0.1, 0.15) is 10.4 Å². The maximum atomic E-state index is 13.7. The minimum Gasteiger partial charge on any atom is -0.508 e. The Morgan fingerprint density at radius 1 is 0.778 bits per heavy atom. The number of ether oxygens (including phenoxy) is 3. The van der Waals surface area contributed by atoms with Crippen LogP contribution in [0.25, 0.3) is 22.3 Å². The Balaban J connectivity index is 1.65. The number of hydrogen-bond donors (Lipinski definition) is 10. The van der Waals surface area contributed by atoms with E-state index in [4.69, 9.17) is 18.6 Å². The summed E-state index contributed by atoms with van der Waals surface area (Å²) in [5.74, 6) is -10.1. The van der Waals surface area contributed by atoms with Gasteiger partial charge in [-0.25, -0.2) is 9.59 Å². The highest BCUT2D eigenvalue weighted by Crippen LogP contribution is 2.40. The van der Waals surface area contributed by atoms with Crippen molar-refractivity contribution in [1.82, 2.24) is 0 Å². The predicted octanol–water partition coefficient (Wildman–Crippen LogP) is 0.535. The molecule has 17 nitrogen and oxygen atoms in total. The first-order chi connectivity index (χ1) is 21.2. The molecule has 17 heteroatoms. The highest BCUT2D eigenvalue weighted by atomic mass is 16.7. The van der Waals surface area contributed by atoms with Crippen LogP contribution in [0.4, 0.5) is 0 Å². The lowest BCUT2D eigenvalue weighted by molar-refractivity contribution is -0.270. The van der Waals surface area contributed by atoms with Gasteiger partial charge in [-0.1, -0.05) is 0 Å². The van der Waals surface area contributed by atoms with E-state index in [1.807, 2.05) is 0 Å². The van der Waals surface area contributed by atoms with Gasteiger partial charge in [0.2, 0.25) is 17.5 Å². The lowest BCUT2D eigenvalue weighted by Crippen LogP contribution is -2.62. The number of aliphatic hydroxyl groups is 2. The first-order valence-electron chi connectivity index (χ1n) is 12.6. The number of phenols is 7. The minimum absolute atomic E-state index is 0.156. The molecule has 0 bridgehead atoms. The molecule has 0 amide bonds. The molecule has 5 atom stereocenters. The second kappa shape index (κ2) is 11.3. The Morgan fingerprint density at radius 3 is 2.07 bits per heavy atom. The second-order valence-corrected chi connectivity index (χ2v) is 9.73. The zero-order chi connectivity index (χ0) is 32.9. The van der Waals surface area contributed by atoms with Crippen LogP contribution in [0.3, 0.4) is 0 Å². The van der Waals surface area contributed by atoms with Crippen molar-refractivity contribution in [2.45, 2.75) is 30.7 Å². The first-order valence-corrected chi connectivity index (χ1v) is 12.6. The van der Waals surface area contributed by atoms with Crippen LogP contribution in [0.5, 0.6) is 46.0 Å². The fourth-order valence-corrected chi connectivity index (χ4v) is 4.52. The third-order valence-electron chi connectivity index (χ3n) is 6.73. The molecule has 45 heavy (non-hydrogen) atoms. The Bertz CT molecular complexity index is 1870. The van der Waals surface area contributed by atoms with Crippen LogP contribution in [-0.4, -0.2) is 93.7 Å². The molecular weight excluding hydrogens is 608 g/mol. The number of phenolic OH excluding ortho intramolecular Hbond substituents is 7. The molecule has 0 saturated carbocycles. The largest absolute Gasteiger partial charge is 0.508 e. The molecule has 5 rings (SSSR count). The number of carbonyl (C=O) groups is 2.